The zero-order chi connectivity index (χ0) is 9.61. The Labute approximate surface area is 119 Å². The Hall–Kier alpha value is 1.18. The van der Waals surface area contributed by atoms with Gasteiger partial charge in [-0.2, -0.15) is 0 Å². The second kappa shape index (κ2) is 8.48. The SMILES string of the molecule is NCCOP(=O)(O)OCC(=O)O.[H-].[K+]. The molecule has 1 atom stereocenters. The molecule has 0 aromatic carbocycles. The summed E-state index contributed by atoms with van der Waals surface area (Å²) in [6.45, 7) is -0.979. The van der Waals surface area contributed by atoms with Gasteiger partial charge < -0.3 is 17.2 Å². The summed E-state index contributed by atoms with van der Waals surface area (Å²) in [5.74, 6) is -1.35. The van der Waals surface area contributed by atoms with E-state index in [1.165, 1.54) is 0 Å². The quantitative estimate of drug-likeness (QED) is 0.322. The van der Waals surface area contributed by atoms with Gasteiger partial charge in [-0.1, -0.05) is 0 Å². The normalized spacial score (nSPS) is 14.3. The molecular formula is C4H11KNO6P. The van der Waals surface area contributed by atoms with Crippen LogP contribution in [0, 0.1) is 0 Å². The van der Waals surface area contributed by atoms with E-state index in [1.807, 2.05) is 0 Å². The molecule has 0 aromatic rings. The molecule has 0 aliphatic carbocycles. The molecule has 13 heavy (non-hydrogen) atoms. The number of carbonyl (C=O) groups is 1. The van der Waals surface area contributed by atoms with Gasteiger partial charge in [-0.05, 0) is 0 Å². The summed E-state index contributed by atoms with van der Waals surface area (Å²) >= 11 is 0. The van der Waals surface area contributed by atoms with Gasteiger partial charge in [0.2, 0.25) is 0 Å². The summed E-state index contributed by atoms with van der Waals surface area (Å²) in [4.78, 5) is 18.6. The van der Waals surface area contributed by atoms with Crippen molar-refractivity contribution in [1.29, 1.82) is 0 Å². The van der Waals surface area contributed by atoms with Crippen molar-refractivity contribution in [3.63, 3.8) is 0 Å². The van der Waals surface area contributed by atoms with Crippen molar-refractivity contribution in [3.05, 3.63) is 0 Å². The van der Waals surface area contributed by atoms with E-state index in [1.54, 1.807) is 0 Å². The van der Waals surface area contributed by atoms with Crippen LogP contribution in [0.25, 0.3) is 0 Å². The minimum atomic E-state index is -4.22. The Morgan fingerprint density at radius 2 is 2.08 bits per heavy atom. The van der Waals surface area contributed by atoms with Gasteiger partial charge in [0.25, 0.3) is 0 Å². The average molecular weight is 239 g/mol. The van der Waals surface area contributed by atoms with Crippen LogP contribution in [0.4, 0.5) is 0 Å². The minimum Gasteiger partial charge on any atom is -1.00 e. The minimum absolute atomic E-state index is 0. The molecule has 0 saturated carbocycles. The van der Waals surface area contributed by atoms with Crippen LogP contribution in [0.1, 0.15) is 1.43 Å². The van der Waals surface area contributed by atoms with Crippen molar-refractivity contribution >= 4 is 13.8 Å². The van der Waals surface area contributed by atoms with Crippen molar-refractivity contribution in [2.45, 2.75) is 0 Å². The molecule has 7 nitrogen and oxygen atoms in total. The Kier molecular flexibility index (Phi) is 10.8. The standard InChI is InChI=1S/C4H10NO6P.K.H/c5-1-2-10-12(8,9)11-3-4(6)7;;/h1-3,5H2,(H,6,7)(H,8,9);;/q;+1;-1. The molecule has 0 aliphatic heterocycles. The number of hydrogen-bond donors (Lipinski definition) is 3. The number of aliphatic carboxylic acids is 1. The fraction of sp³-hybridized carbons (Fsp3) is 0.750. The zero-order valence-corrected chi connectivity index (χ0v) is 11.2. The van der Waals surface area contributed by atoms with Crippen LogP contribution in [0.3, 0.4) is 0 Å². The van der Waals surface area contributed by atoms with E-state index >= 15 is 0 Å². The molecule has 4 N–H and O–H groups in total. The molecule has 0 rings (SSSR count). The first kappa shape index (κ1) is 16.6. The van der Waals surface area contributed by atoms with Crippen molar-refractivity contribution in [1.82, 2.24) is 0 Å². The summed E-state index contributed by atoms with van der Waals surface area (Å²) in [6.07, 6.45) is 0. The Morgan fingerprint density at radius 1 is 1.54 bits per heavy atom. The van der Waals surface area contributed by atoms with Gasteiger partial charge in [-0.3, -0.25) is 9.05 Å². The zero-order valence-electron chi connectivity index (χ0n) is 8.17. The van der Waals surface area contributed by atoms with Gasteiger partial charge in [-0.15, -0.1) is 0 Å². The number of nitrogens with two attached hydrogens (primary N) is 1. The van der Waals surface area contributed by atoms with E-state index in [0.717, 1.165) is 0 Å². The van der Waals surface area contributed by atoms with Crippen LogP contribution in [-0.2, 0) is 18.4 Å². The van der Waals surface area contributed by atoms with E-state index < -0.39 is 20.4 Å². The van der Waals surface area contributed by atoms with Crippen LogP contribution in [-0.4, -0.2) is 35.7 Å². The largest absolute Gasteiger partial charge is 1.00 e. The third-order valence-corrected chi connectivity index (χ3v) is 1.69. The maximum atomic E-state index is 10.7. The number of hydrogen-bond acceptors (Lipinski definition) is 5. The maximum Gasteiger partial charge on any atom is 1.00 e. The molecule has 0 aromatic heterocycles. The summed E-state index contributed by atoms with van der Waals surface area (Å²) in [7, 11) is -4.22. The molecule has 9 heteroatoms. The second-order valence-electron chi connectivity index (χ2n) is 1.76. The topological polar surface area (TPSA) is 119 Å². The first-order valence-corrected chi connectivity index (χ1v) is 4.51. The van der Waals surface area contributed by atoms with Gasteiger partial charge in [0.1, 0.15) is 0 Å². The monoisotopic (exact) mass is 239 g/mol. The van der Waals surface area contributed by atoms with Crippen molar-refractivity contribution < 1.29 is 81.2 Å². The van der Waals surface area contributed by atoms with E-state index in [9.17, 15) is 9.36 Å². The first-order valence-electron chi connectivity index (χ1n) is 3.01. The van der Waals surface area contributed by atoms with Gasteiger partial charge in [0.05, 0.1) is 6.61 Å². The molecule has 0 fully saturated rings. The number of rotatable bonds is 6. The van der Waals surface area contributed by atoms with E-state index in [4.69, 9.17) is 15.7 Å². The molecule has 1 unspecified atom stereocenters. The summed E-state index contributed by atoms with van der Waals surface area (Å²) in [5, 5.41) is 8.06. The third kappa shape index (κ3) is 11.1. The molecule has 0 heterocycles. The maximum absolute atomic E-state index is 10.7. The Bertz CT molecular complexity index is 204. The van der Waals surface area contributed by atoms with E-state index in [2.05, 4.69) is 9.05 Å². The van der Waals surface area contributed by atoms with Crippen LogP contribution in [0.15, 0.2) is 0 Å². The number of carboxylic acid groups (broad SMARTS) is 1. The molecule has 74 valence electrons. The molecule has 0 saturated heterocycles. The van der Waals surface area contributed by atoms with Gasteiger partial charge >= 0.3 is 65.2 Å². The first-order chi connectivity index (χ1) is 5.48. The summed E-state index contributed by atoms with van der Waals surface area (Å²) in [5.41, 5.74) is 4.96. The fourth-order valence-corrected chi connectivity index (χ4v) is 1.03. The van der Waals surface area contributed by atoms with Crippen molar-refractivity contribution in [2.24, 2.45) is 5.73 Å². The van der Waals surface area contributed by atoms with Crippen molar-refractivity contribution in [3.8, 4) is 0 Å². The average Bonchev–Trinajstić information content (AvgIpc) is 1.98. The number of phosphoric acid groups is 1. The van der Waals surface area contributed by atoms with E-state index in [0.29, 0.717) is 0 Å². The third-order valence-electron chi connectivity index (χ3n) is 0.723. The van der Waals surface area contributed by atoms with Crippen LogP contribution in [0.5, 0.6) is 0 Å². The molecule has 0 amide bonds. The Morgan fingerprint density at radius 3 is 2.46 bits per heavy atom. The fourth-order valence-electron chi connectivity index (χ4n) is 0.342. The van der Waals surface area contributed by atoms with Crippen LogP contribution >= 0.6 is 7.82 Å². The van der Waals surface area contributed by atoms with Crippen LogP contribution in [0.2, 0.25) is 0 Å². The summed E-state index contributed by atoms with van der Waals surface area (Å²) in [6, 6.07) is 0. The summed E-state index contributed by atoms with van der Waals surface area (Å²) < 4.78 is 18.9. The molecule has 0 aliphatic rings. The Balaban J connectivity index is -0.000000605. The smallest absolute Gasteiger partial charge is 1.00 e. The molecule has 0 radical (unpaired) electrons. The van der Waals surface area contributed by atoms with Crippen molar-refractivity contribution in [2.75, 3.05) is 19.8 Å². The van der Waals surface area contributed by atoms with Gasteiger partial charge in [0.15, 0.2) is 6.61 Å². The second-order valence-corrected chi connectivity index (χ2v) is 3.21. The van der Waals surface area contributed by atoms with E-state index in [-0.39, 0.29) is 66.0 Å². The predicted molar refractivity (Wildman–Crippen MR) is 39.5 cm³/mol. The molecule has 0 bridgehead atoms. The number of carboxylic acids is 1. The molecule has 0 spiro atoms. The molecular weight excluding hydrogens is 228 g/mol. The van der Waals surface area contributed by atoms with Crippen LogP contribution < -0.4 is 57.1 Å². The van der Waals surface area contributed by atoms with Gasteiger partial charge in [0, 0.05) is 6.54 Å². The predicted octanol–water partition coefficient (Wildman–Crippen LogP) is -3.72. The number of phosphoric ester groups is 1. The van der Waals surface area contributed by atoms with Gasteiger partial charge in [-0.25, -0.2) is 9.36 Å².